The van der Waals surface area contributed by atoms with Gasteiger partial charge in [-0.25, -0.2) is 0 Å². The molecule has 1 fully saturated rings. The maximum Gasteiger partial charge on any atom is 0.0596 e. The monoisotopic (exact) mass is 208 g/mol. The predicted octanol–water partition coefficient (Wildman–Crippen LogP) is 0.533. The Balaban J connectivity index is 1.85. The normalized spacial score (nSPS) is 21.7. The van der Waals surface area contributed by atoms with Crippen LogP contribution in [0.15, 0.2) is 6.07 Å². The van der Waals surface area contributed by atoms with Crippen LogP contribution in [0.4, 0.5) is 0 Å². The standard InChI is InChI=1S/C11H20N4/c1-9-7-10(2)15(13-9)6-5-14-4-3-11(14)8-12/h7,11H,3-6,8,12H2,1-2H3. The second kappa shape index (κ2) is 4.33. The molecule has 15 heavy (non-hydrogen) atoms. The first-order valence-corrected chi connectivity index (χ1v) is 5.66. The van der Waals surface area contributed by atoms with E-state index in [4.69, 9.17) is 5.73 Å². The van der Waals surface area contributed by atoms with Crippen molar-refractivity contribution in [3.8, 4) is 0 Å². The molecule has 1 aliphatic heterocycles. The summed E-state index contributed by atoms with van der Waals surface area (Å²) in [5.41, 5.74) is 8.01. The van der Waals surface area contributed by atoms with Crippen LogP contribution in [0.2, 0.25) is 0 Å². The number of nitrogens with zero attached hydrogens (tertiary/aromatic N) is 3. The van der Waals surface area contributed by atoms with Gasteiger partial charge in [-0.15, -0.1) is 0 Å². The van der Waals surface area contributed by atoms with Crippen LogP contribution in [0.3, 0.4) is 0 Å². The van der Waals surface area contributed by atoms with Gasteiger partial charge in [-0.1, -0.05) is 0 Å². The predicted molar refractivity (Wildman–Crippen MR) is 60.7 cm³/mol. The van der Waals surface area contributed by atoms with Gasteiger partial charge in [0.2, 0.25) is 0 Å². The molecule has 1 saturated heterocycles. The van der Waals surface area contributed by atoms with Gasteiger partial charge in [0, 0.05) is 31.4 Å². The summed E-state index contributed by atoms with van der Waals surface area (Å²) in [6.07, 6.45) is 1.26. The van der Waals surface area contributed by atoms with Gasteiger partial charge in [0.25, 0.3) is 0 Å². The lowest BCUT2D eigenvalue weighted by Crippen LogP contribution is -2.52. The molecule has 1 aliphatic rings. The van der Waals surface area contributed by atoms with Crippen LogP contribution < -0.4 is 5.73 Å². The fourth-order valence-electron chi connectivity index (χ4n) is 2.18. The summed E-state index contributed by atoms with van der Waals surface area (Å²) < 4.78 is 2.08. The molecular formula is C11H20N4. The molecule has 84 valence electrons. The highest BCUT2D eigenvalue weighted by Gasteiger charge is 2.25. The van der Waals surface area contributed by atoms with E-state index >= 15 is 0 Å². The number of aromatic nitrogens is 2. The second-order valence-electron chi connectivity index (χ2n) is 4.36. The second-order valence-corrected chi connectivity index (χ2v) is 4.36. The molecular weight excluding hydrogens is 188 g/mol. The van der Waals surface area contributed by atoms with Crippen molar-refractivity contribution < 1.29 is 0 Å². The Labute approximate surface area is 91.1 Å². The Morgan fingerprint density at radius 2 is 2.27 bits per heavy atom. The van der Waals surface area contributed by atoms with Gasteiger partial charge < -0.3 is 5.73 Å². The molecule has 4 nitrogen and oxygen atoms in total. The average molecular weight is 208 g/mol. The van der Waals surface area contributed by atoms with Gasteiger partial charge in [0.1, 0.15) is 0 Å². The van der Waals surface area contributed by atoms with Crippen molar-refractivity contribution in [1.29, 1.82) is 0 Å². The van der Waals surface area contributed by atoms with Gasteiger partial charge >= 0.3 is 0 Å². The van der Waals surface area contributed by atoms with E-state index in [-0.39, 0.29) is 0 Å². The third kappa shape index (κ3) is 2.21. The van der Waals surface area contributed by atoms with E-state index in [9.17, 15) is 0 Å². The van der Waals surface area contributed by atoms with Gasteiger partial charge in [-0.2, -0.15) is 5.10 Å². The Morgan fingerprint density at radius 1 is 1.47 bits per heavy atom. The summed E-state index contributed by atoms with van der Waals surface area (Å²) in [7, 11) is 0. The molecule has 0 amide bonds. The molecule has 1 atom stereocenters. The third-order valence-corrected chi connectivity index (χ3v) is 3.24. The van der Waals surface area contributed by atoms with E-state index in [0.717, 1.165) is 25.3 Å². The van der Waals surface area contributed by atoms with E-state index in [1.807, 2.05) is 6.92 Å². The molecule has 0 aromatic carbocycles. The lowest BCUT2D eigenvalue weighted by molar-refractivity contribution is 0.0908. The Kier molecular flexibility index (Phi) is 3.07. The maximum atomic E-state index is 5.66. The molecule has 0 spiro atoms. The largest absolute Gasteiger partial charge is 0.329 e. The van der Waals surface area contributed by atoms with Crippen LogP contribution in [-0.4, -0.2) is 40.4 Å². The minimum Gasteiger partial charge on any atom is -0.329 e. The van der Waals surface area contributed by atoms with Gasteiger partial charge in [0.05, 0.1) is 12.2 Å². The molecule has 0 aliphatic carbocycles. The summed E-state index contributed by atoms with van der Waals surface area (Å²) in [5.74, 6) is 0. The fourth-order valence-corrected chi connectivity index (χ4v) is 2.18. The first-order valence-electron chi connectivity index (χ1n) is 5.66. The van der Waals surface area contributed by atoms with E-state index in [1.165, 1.54) is 18.7 Å². The number of hydrogen-bond acceptors (Lipinski definition) is 3. The Morgan fingerprint density at radius 3 is 2.73 bits per heavy atom. The highest BCUT2D eigenvalue weighted by atomic mass is 15.3. The van der Waals surface area contributed by atoms with Crippen molar-refractivity contribution in [2.75, 3.05) is 19.6 Å². The molecule has 2 rings (SSSR count). The van der Waals surface area contributed by atoms with E-state index in [1.54, 1.807) is 0 Å². The van der Waals surface area contributed by atoms with Crippen LogP contribution in [0.1, 0.15) is 17.8 Å². The van der Waals surface area contributed by atoms with Crippen LogP contribution in [0.25, 0.3) is 0 Å². The Hall–Kier alpha value is -0.870. The average Bonchev–Trinajstić information content (AvgIpc) is 2.44. The van der Waals surface area contributed by atoms with Crippen molar-refractivity contribution >= 4 is 0 Å². The van der Waals surface area contributed by atoms with E-state index in [2.05, 4.69) is 27.7 Å². The van der Waals surface area contributed by atoms with Gasteiger partial charge in [-0.3, -0.25) is 9.58 Å². The smallest absolute Gasteiger partial charge is 0.0596 e. The first-order chi connectivity index (χ1) is 7.20. The number of likely N-dealkylation sites (tertiary alicyclic amines) is 1. The minimum atomic E-state index is 0.613. The molecule has 2 heterocycles. The number of aryl methyl sites for hydroxylation is 2. The summed E-state index contributed by atoms with van der Waals surface area (Å²) in [5, 5.41) is 4.45. The van der Waals surface area contributed by atoms with E-state index in [0.29, 0.717) is 6.04 Å². The van der Waals surface area contributed by atoms with Crippen molar-refractivity contribution in [2.45, 2.75) is 32.9 Å². The molecule has 1 aromatic rings. The molecule has 0 saturated carbocycles. The SMILES string of the molecule is Cc1cc(C)n(CCN2CCC2CN)n1. The number of rotatable bonds is 4. The topological polar surface area (TPSA) is 47.1 Å². The minimum absolute atomic E-state index is 0.613. The van der Waals surface area contributed by atoms with Crippen molar-refractivity contribution in [3.63, 3.8) is 0 Å². The summed E-state index contributed by atoms with van der Waals surface area (Å²) >= 11 is 0. The number of hydrogen-bond donors (Lipinski definition) is 1. The molecule has 1 unspecified atom stereocenters. The molecule has 0 radical (unpaired) electrons. The molecule has 2 N–H and O–H groups in total. The first kappa shape index (κ1) is 10.6. The summed E-state index contributed by atoms with van der Waals surface area (Å²) in [6.45, 7) is 8.19. The third-order valence-electron chi connectivity index (χ3n) is 3.24. The lowest BCUT2D eigenvalue weighted by Gasteiger charge is -2.40. The highest BCUT2D eigenvalue weighted by molar-refractivity contribution is 5.06. The highest BCUT2D eigenvalue weighted by Crippen LogP contribution is 2.15. The van der Waals surface area contributed by atoms with Crippen molar-refractivity contribution in [2.24, 2.45) is 5.73 Å². The zero-order chi connectivity index (χ0) is 10.8. The Bertz CT molecular complexity index is 329. The van der Waals surface area contributed by atoms with Crippen molar-refractivity contribution in [1.82, 2.24) is 14.7 Å². The zero-order valence-corrected chi connectivity index (χ0v) is 9.61. The summed E-state index contributed by atoms with van der Waals surface area (Å²) in [4.78, 5) is 2.44. The van der Waals surface area contributed by atoms with Crippen LogP contribution in [0.5, 0.6) is 0 Å². The van der Waals surface area contributed by atoms with Gasteiger partial charge in [0.15, 0.2) is 0 Å². The quantitative estimate of drug-likeness (QED) is 0.785. The molecule has 1 aromatic heterocycles. The number of nitrogens with two attached hydrogens (primary N) is 1. The molecule has 0 bridgehead atoms. The molecule has 4 heteroatoms. The van der Waals surface area contributed by atoms with Gasteiger partial charge in [-0.05, 0) is 26.3 Å². The zero-order valence-electron chi connectivity index (χ0n) is 9.61. The maximum absolute atomic E-state index is 5.66. The van der Waals surface area contributed by atoms with Crippen LogP contribution in [0, 0.1) is 13.8 Å². The summed E-state index contributed by atoms with van der Waals surface area (Å²) in [6, 6.07) is 2.73. The van der Waals surface area contributed by atoms with Crippen LogP contribution >= 0.6 is 0 Å². The lowest BCUT2D eigenvalue weighted by atomic mass is 10.0. The van der Waals surface area contributed by atoms with Crippen molar-refractivity contribution in [3.05, 3.63) is 17.5 Å². The van der Waals surface area contributed by atoms with E-state index < -0.39 is 0 Å². The fraction of sp³-hybridized carbons (Fsp3) is 0.727. The van der Waals surface area contributed by atoms with Crippen LogP contribution in [-0.2, 0) is 6.54 Å².